The fraction of sp³-hybridized carbons (Fsp3) is 0.467. The molecule has 10 heteroatoms. The molecule has 0 atom stereocenters. The lowest BCUT2D eigenvalue weighted by Crippen LogP contribution is -2.50. The molecule has 0 spiro atoms. The first-order valence-electron chi connectivity index (χ1n) is 7.89. The van der Waals surface area contributed by atoms with E-state index in [1.807, 2.05) is 13.1 Å². The van der Waals surface area contributed by atoms with Crippen molar-refractivity contribution in [2.45, 2.75) is 24.1 Å². The van der Waals surface area contributed by atoms with Gasteiger partial charge < -0.3 is 4.90 Å². The van der Waals surface area contributed by atoms with Crippen molar-refractivity contribution in [1.29, 1.82) is 0 Å². The van der Waals surface area contributed by atoms with Crippen molar-refractivity contribution in [3.8, 4) is 0 Å². The summed E-state index contributed by atoms with van der Waals surface area (Å²) in [5, 5.41) is 6.11. The second-order valence-corrected chi connectivity index (χ2v) is 10.1. The zero-order valence-electron chi connectivity index (χ0n) is 13.8. The van der Waals surface area contributed by atoms with Crippen LogP contribution >= 0.6 is 33.9 Å². The van der Waals surface area contributed by atoms with Crippen molar-refractivity contribution < 1.29 is 13.2 Å². The van der Waals surface area contributed by atoms with E-state index in [9.17, 15) is 13.2 Å². The van der Waals surface area contributed by atoms with Crippen molar-refractivity contribution in [3.05, 3.63) is 33.0 Å². The lowest BCUT2D eigenvalue weighted by Gasteiger charge is -2.33. The van der Waals surface area contributed by atoms with Crippen LogP contribution in [-0.4, -0.2) is 59.5 Å². The van der Waals surface area contributed by atoms with E-state index in [2.05, 4.69) is 27.7 Å². The van der Waals surface area contributed by atoms with Gasteiger partial charge in [-0.2, -0.15) is 9.40 Å². The third-order valence-electron chi connectivity index (χ3n) is 4.12. The van der Waals surface area contributed by atoms with Crippen molar-refractivity contribution in [1.82, 2.24) is 19.0 Å². The van der Waals surface area contributed by atoms with Gasteiger partial charge in [-0.1, -0.05) is 6.07 Å². The molecule has 0 radical (unpaired) electrons. The number of rotatable bonds is 5. The molecule has 3 heterocycles. The minimum atomic E-state index is -3.43. The molecule has 7 nitrogen and oxygen atoms in total. The average molecular weight is 494 g/mol. The molecule has 1 amide bonds. The Hall–Kier alpha value is -0.980. The Morgan fingerprint density at radius 2 is 2.04 bits per heavy atom. The Morgan fingerprint density at radius 3 is 2.60 bits per heavy atom. The Labute approximate surface area is 164 Å². The molecule has 136 valence electrons. The summed E-state index contributed by atoms with van der Waals surface area (Å²) < 4.78 is 29.7. The number of hydrogen-bond donors (Lipinski definition) is 0. The molecule has 0 unspecified atom stereocenters. The van der Waals surface area contributed by atoms with Gasteiger partial charge in [0.05, 0.1) is 9.26 Å². The van der Waals surface area contributed by atoms with E-state index in [1.54, 1.807) is 27.1 Å². The second kappa shape index (κ2) is 7.72. The highest BCUT2D eigenvalue weighted by atomic mass is 127. The molecule has 1 aliphatic heterocycles. The van der Waals surface area contributed by atoms with Crippen LogP contribution in [0.2, 0.25) is 0 Å². The van der Waals surface area contributed by atoms with Crippen LogP contribution in [0, 0.1) is 10.5 Å². The minimum absolute atomic E-state index is 0.0383. The zero-order chi connectivity index (χ0) is 18.0. The third-order valence-corrected chi connectivity index (χ3v) is 8.45. The van der Waals surface area contributed by atoms with Crippen LogP contribution < -0.4 is 0 Å². The van der Waals surface area contributed by atoms with Crippen molar-refractivity contribution >= 4 is 49.9 Å². The van der Waals surface area contributed by atoms with Gasteiger partial charge in [0.1, 0.15) is 4.21 Å². The van der Waals surface area contributed by atoms with Gasteiger partial charge in [0.2, 0.25) is 5.91 Å². The summed E-state index contributed by atoms with van der Waals surface area (Å²) in [4.78, 5) is 14.1. The smallest absolute Gasteiger partial charge is 0.252 e. The number of aryl methyl sites for hydroxylation is 2. The van der Waals surface area contributed by atoms with Gasteiger partial charge in [0.25, 0.3) is 10.0 Å². The van der Waals surface area contributed by atoms with Crippen LogP contribution in [0.4, 0.5) is 0 Å². The van der Waals surface area contributed by atoms with E-state index in [0.717, 1.165) is 9.26 Å². The van der Waals surface area contributed by atoms with Gasteiger partial charge in [-0.25, -0.2) is 8.42 Å². The summed E-state index contributed by atoms with van der Waals surface area (Å²) in [6.45, 7) is 4.01. The number of carbonyl (C=O) groups excluding carboxylic acids is 1. The maximum Gasteiger partial charge on any atom is 0.252 e. The van der Waals surface area contributed by atoms with Gasteiger partial charge in [-0.05, 0) is 41.0 Å². The molecule has 1 aliphatic rings. The highest BCUT2D eigenvalue weighted by Crippen LogP contribution is 2.22. The molecular formula is C15H19IN4O3S2. The van der Waals surface area contributed by atoms with Crippen LogP contribution in [0.25, 0.3) is 0 Å². The monoisotopic (exact) mass is 494 g/mol. The first-order valence-corrected chi connectivity index (χ1v) is 11.3. The quantitative estimate of drug-likeness (QED) is 0.595. The number of aromatic nitrogens is 2. The van der Waals surface area contributed by atoms with Crippen LogP contribution in [0.5, 0.6) is 0 Å². The Kier molecular flexibility index (Phi) is 5.81. The number of piperazine rings is 1. The van der Waals surface area contributed by atoms with Crippen LogP contribution in [0.3, 0.4) is 0 Å². The van der Waals surface area contributed by atoms with Gasteiger partial charge in [0.15, 0.2) is 0 Å². The highest BCUT2D eigenvalue weighted by Gasteiger charge is 2.30. The summed E-state index contributed by atoms with van der Waals surface area (Å²) in [5.41, 5.74) is 0.959. The van der Waals surface area contributed by atoms with E-state index in [1.165, 1.54) is 15.6 Å². The first kappa shape index (κ1) is 18.8. The number of nitrogens with zero attached hydrogens (tertiary/aromatic N) is 4. The lowest BCUT2D eigenvalue weighted by molar-refractivity contribution is -0.132. The Morgan fingerprint density at radius 1 is 1.32 bits per heavy atom. The predicted octanol–water partition coefficient (Wildman–Crippen LogP) is 1.78. The van der Waals surface area contributed by atoms with Gasteiger partial charge >= 0.3 is 0 Å². The molecule has 1 fully saturated rings. The molecular weight excluding hydrogens is 475 g/mol. The van der Waals surface area contributed by atoms with Crippen molar-refractivity contribution in [2.24, 2.45) is 0 Å². The highest BCUT2D eigenvalue weighted by molar-refractivity contribution is 14.1. The summed E-state index contributed by atoms with van der Waals surface area (Å²) in [6, 6.07) is 3.35. The predicted molar refractivity (Wildman–Crippen MR) is 104 cm³/mol. The number of carbonyl (C=O) groups is 1. The fourth-order valence-electron chi connectivity index (χ4n) is 2.69. The molecule has 0 N–H and O–H groups in total. The molecule has 0 bridgehead atoms. The van der Waals surface area contributed by atoms with E-state index in [0.29, 0.717) is 43.4 Å². The van der Waals surface area contributed by atoms with E-state index < -0.39 is 10.0 Å². The molecule has 2 aromatic heterocycles. The SMILES string of the molecule is Cc1nn(CCC(=O)N2CCN(S(=O)(=O)c3cccs3)CC2)cc1I. The average Bonchev–Trinajstić information content (AvgIpc) is 3.24. The maximum absolute atomic E-state index is 12.5. The summed E-state index contributed by atoms with van der Waals surface area (Å²) in [5.74, 6) is 0.0383. The Balaban J connectivity index is 1.52. The number of hydrogen-bond acceptors (Lipinski definition) is 5. The molecule has 0 aromatic carbocycles. The van der Waals surface area contributed by atoms with Crippen molar-refractivity contribution in [3.63, 3.8) is 0 Å². The van der Waals surface area contributed by atoms with Crippen LogP contribution in [-0.2, 0) is 21.4 Å². The zero-order valence-corrected chi connectivity index (χ0v) is 17.6. The van der Waals surface area contributed by atoms with E-state index in [-0.39, 0.29) is 5.91 Å². The van der Waals surface area contributed by atoms with Crippen LogP contribution in [0.1, 0.15) is 12.1 Å². The summed E-state index contributed by atoms with van der Waals surface area (Å²) >= 11 is 3.44. The molecule has 25 heavy (non-hydrogen) atoms. The molecule has 0 saturated carbocycles. The molecule has 0 aliphatic carbocycles. The van der Waals surface area contributed by atoms with Gasteiger partial charge in [0, 0.05) is 45.3 Å². The number of thiophene rings is 1. The van der Waals surface area contributed by atoms with Crippen molar-refractivity contribution in [2.75, 3.05) is 26.2 Å². The summed E-state index contributed by atoms with van der Waals surface area (Å²) in [7, 11) is -3.43. The van der Waals surface area contributed by atoms with Gasteiger partial charge in [-0.15, -0.1) is 11.3 Å². The minimum Gasteiger partial charge on any atom is -0.340 e. The van der Waals surface area contributed by atoms with E-state index >= 15 is 0 Å². The molecule has 1 saturated heterocycles. The lowest BCUT2D eigenvalue weighted by atomic mass is 10.3. The van der Waals surface area contributed by atoms with Crippen LogP contribution in [0.15, 0.2) is 27.9 Å². The normalized spacial score (nSPS) is 16.3. The first-order chi connectivity index (χ1) is 11.9. The fourth-order valence-corrected chi connectivity index (χ4v) is 5.69. The molecule has 2 aromatic rings. The molecule has 3 rings (SSSR count). The summed E-state index contributed by atoms with van der Waals surface area (Å²) in [6.07, 6.45) is 2.30. The van der Waals surface area contributed by atoms with Gasteiger partial charge in [-0.3, -0.25) is 9.48 Å². The number of sulfonamides is 1. The maximum atomic E-state index is 12.5. The number of amides is 1. The Bertz CT molecular complexity index is 821. The second-order valence-electron chi connectivity index (χ2n) is 5.79. The van der Waals surface area contributed by atoms with E-state index in [4.69, 9.17) is 0 Å². The standard InChI is InChI=1S/C15H19IN4O3S2/c1-12-13(16)11-19(17-12)5-4-14(21)18-6-8-20(9-7-18)25(22,23)15-3-2-10-24-15/h2-3,10-11H,4-9H2,1H3. The largest absolute Gasteiger partial charge is 0.340 e. The topological polar surface area (TPSA) is 75.5 Å². The number of halogens is 1. The third kappa shape index (κ3) is 4.23.